The van der Waals surface area contributed by atoms with Gasteiger partial charge in [-0.3, -0.25) is 4.79 Å². The van der Waals surface area contributed by atoms with Gasteiger partial charge in [-0.25, -0.2) is 9.37 Å². The number of carbonyl (C=O) groups excluding carboxylic acids is 1. The van der Waals surface area contributed by atoms with E-state index < -0.39 is 22.6 Å². The van der Waals surface area contributed by atoms with Gasteiger partial charge in [-0.2, -0.15) is 5.26 Å². The Balaban J connectivity index is 2.21. The van der Waals surface area contributed by atoms with Gasteiger partial charge in [0.2, 0.25) is 0 Å². The number of aromatic nitrogens is 1. The van der Waals surface area contributed by atoms with Gasteiger partial charge in [0.15, 0.2) is 5.82 Å². The summed E-state index contributed by atoms with van der Waals surface area (Å²) in [5.41, 5.74) is -1.80. The molecule has 29 heavy (non-hydrogen) atoms. The molecular formula is C21H17Br2FN2O3. The molecule has 2 atom stereocenters. The molecule has 0 saturated heterocycles. The predicted molar refractivity (Wildman–Crippen MR) is 112 cm³/mol. The summed E-state index contributed by atoms with van der Waals surface area (Å²) in [6.45, 7) is 3.75. The summed E-state index contributed by atoms with van der Waals surface area (Å²) >= 11 is 6.65. The SMILES string of the molecule is COC(=O)C1(c2nc(Oc3ccccc3)c(F)cc2C#N)C(C=C(Br)Br)C1(C)C. The van der Waals surface area contributed by atoms with E-state index >= 15 is 0 Å². The highest BCUT2D eigenvalue weighted by Crippen LogP contribution is 2.71. The molecule has 0 radical (unpaired) electrons. The van der Waals surface area contributed by atoms with Crippen LogP contribution < -0.4 is 4.74 Å². The second kappa shape index (κ2) is 7.88. The Hall–Kier alpha value is -2.24. The maximum Gasteiger partial charge on any atom is 0.319 e. The molecular weight excluding hydrogens is 507 g/mol. The Labute approximate surface area is 184 Å². The van der Waals surface area contributed by atoms with E-state index in [4.69, 9.17) is 9.47 Å². The highest BCUT2D eigenvalue weighted by Gasteiger charge is 2.78. The van der Waals surface area contributed by atoms with E-state index in [0.717, 1.165) is 6.07 Å². The van der Waals surface area contributed by atoms with Crippen LogP contribution in [0.4, 0.5) is 4.39 Å². The van der Waals surface area contributed by atoms with Crippen molar-refractivity contribution in [2.24, 2.45) is 11.3 Å². The molecule has 150 valence electrons. The molecule has 0 bridgehead atoms. The number of hydrogen-bond donors (Lipinski definition) is 0. The number of nitriles is 1. The Morgan fingerprint density at radius 3 is 2.52 bits per heavy atom. The minimum Gasteiger partial charge on any atom is -0.468 e. The number of benzene rings is 1. The predicted octanol–water partition coefficient (Wildman–Crippen LogP) is 5.58. The van der Waals surface area contributed by atoms with E-state index in [-0.39, 0.29) is 23.1 Å². The zero-order valence-electron chi connectivity index (χ0n) is 15.9. The van der Waals surface area contributed by atoms with Crippen LogP contribution in [0, 0.1) is 28.5 Å². The van der Waals surface area contributed by atoms with Crippen molar-refractivity contribution < 1.29 is 18.7 Å². The summed E-state index contributed by atoms with van der Waals surface area (Å²) in [6.07, 6.45) is 1.81. The lowest BCUT2D eigenvalue weighted by Crippen LogP contribution is -2.30. The fourth-order valence-electron chi connectivity index (χ4n) is 3.89. The molecule has 1 aliphatic carbocycles. The summed E-state index contributed by atoms with van der Waals surface area (Å²) < 4.78 is 25.9. The van der Waals surface area contributed by atoms with Gasteiger partial charge < -0.3 is 9.47 Å². The first-order chi connectivity index (χ1) is 13.7. The summed E-state index contributed by atoms with van der Waals surface area (Å²) in [7, 11) is 1.28. The fourth-order valence-corrected chi connectivity index (χ4v) is 4.42. The number of nitrogens with zero attached hydrogens (tertiary/aromatic N) is 2. The summed E-state index contributed by atoms with van der Waals surface area (Å²) in [5, 5.41) is 9.62. The maximum atomic E-state index is 14.6. The molecule has 1 aliphatic rings. The average Bonchev–Trinajstić information content (AvgIpc) is 3.17. The van der Waals surface area contributed by atoms with Crippen LogP contribution in [0.3, 0.4) is 0 Å². The molecule has 0 amide bonds. The van der Waals surface area contributed by atoms with E-state index in [0.29, 0.717) is 9.14 Å². The zero-order valence-corrected chi connectivity index (χ0v) is 19.0. The van der Waals surface area contributed by atoms with E-state index in [1.807, 2.05) is 19.9 Å². The third-order valence-corrected chi connectivity index (χ3v) is 5.90. The van der Waals surface area contributed by atoms with Crippen molar-refractivity contribution in [2.75, 3.05) is 7.11 Å². The van der Waals surface area contributed by atoms with Crippen LogP contribution in [0.1, 0.15) is 25.1 Å². The molecule has 1 heterocycles. The van der Waals surface area contributed by atoms with Crippen LogP contribution in [0.15, 0.2) is 45.9 Å². The molecule has 2 aromatic rings. The molecule has 5 nitrogen and oxygen atoms in total. The Morgan fingerprint density at radius 1 is 1.31 bits per heavy atom. The van der Waals surface area contributed by atoms with E-state index in [9.17, 15) is 14.4 Å². The van der Waals surface area contributed by atoms with Gasteiger partial charge in [-0.1, -0.05) is 38.1 Å². The van der Waals surface area contributed by atoms with Crippen molar-refractivity contribution >= 4 is 37.8 Å². The van der Waals surface area contributed by atoms with Crippen molar-refractivity contribution in [1.82, 2.24) is 4.98 Å². The standard InChI is InChI=1S/C21H17Br2FN2O3/c1-20(2)15(10-16(22)23)21(20,19(27)28-3)17-12(11-25)9-14(24)18(26-17)29-13-7-5-4-6-8-13/h4-10,15H,1-3H3. The maximum absolute atomic E-state index is 14.6. The Kier molecular flexibility index (Phi) is 5.84. The van der Waals surface area contributed by atoms with Crippen molar-refractivity contribution in [3.05, 3.63) is 62.9 Å². The molecule has 0 N–H and O–H groups in total. The van der Waals surface area contributed by atoms with Gasteiger partial charge in [0.1, 0.15) is 17.2 Å². The molecule has 8 heteroatoms. The van der Waals surface area contributed by atoms with Crippen molar-refractivity contribution in [2.45, 2.75) is 19.3 Å². The molecule has 1 aromatic carbocycles. The van der Waals surface area contributed by atoms with Gasteiger partial charge in [0, 0.05) is 5.92 Å². The number of methoxy groups -OCH3 is 1. The lowest BCUT2D eigenvalue weighted by Gasteiger charge is -2.20. The first-order valence-corrected chi connectivity index (χ1v) is 10.2. The largest absolute Gasteiger partial charge is 0.468 e. The highest BCUT2D eigenvalue weighted by atomic mass is 79.9. The Morgan fingerprint density at radius 2 is 1.97 bits per heavy atom. The minimum absolute atomic E-state index is 0.0389. The smallest absolute Gasteiger partial charge is 0.319 e. The summed E-state index contributed by atoms with van der Waals surface area (Å²) in [6, 6.07) is 11.6. The Bertz CT molecular complexity index is 1030. The third-order valence-electron chi connectivity index (χ3n) is 5.37. The van der Waals surface area contributed by atoms with Crippen molar-refractivity contribution in [3.63, 3.8) is 0 Å². The van der Waals surface area contributed by atoms with Crippen molar-refractivity contribution in [3.8, 4) is 17.7 Å². The minimum atomic E-state index is -1.26. The number of ether oxygens (including phenoxy) is 2. The molecule has 1 aromatic heterocycles. The number of carbonyl (C=O) groups is 1. The molecule has 0 spiro atoms. The second-order valence-electron chi connectivity index (χ2n) is 7.15. The number of pyridine rings is 1. The number of halogens is 3. The topological polar surface area (TPSA) is 72.2 Å². The summed E-state index contributed by atoms with van der Waals surface area (Å²) in [5.74, 6) is -1.60. The van der Waals surface area contributed by atoms with Gasteiger partial charge in [0.05, 0.1) is 21.8 Å². The quantitative estimate of drug-likeness (QED) is 0.478. The van der Waals surface area contributed by atoms with Gasteiger partial charge in [-0.05, 0) is 55.5 Å². The van der Waals surface area contributed by atoms with E-state index in [1.54, 1.807) is 36.4 Å². The van der Waals surface area contributed by atoms with Crippen LogP contribution in [0.25, 0.3) is 0 Å². The lowest BCUT2D eigenvalue weighted by atomic mass is 9.88. The summed E-state index contributed by atoms with van der Waals surface area (Å²) in [4.78, 5) is 17.3. The number of rotatable bonds is 5. The van der Waals surface area contributed by atoms with E-state index in [1.165, 1.54) is 7.11 Å². The fraction of sp³-hybridized carbons (Fsp3) is 0.286. The number of para-hydroxylation sites is 1. The van der Waals surface area contributed by atoms with Gasteiger partial charge in [-0.15, -0.1) is 0 Å². The highest BCUT2D eigenvalue weighted by molar-refractivity contribution is 9.28. The zero-order chi connectivity index (χ0) is 21.4. The molecule has 3 rings (SSSR count). The lowest BCUT2D eigenvalue weighted by molar-refractivity contribution is -0.145. The molecule has 2 unspecified atom stereocenters. The van der Waals surface area contributed by atoms with Gasteiger partial charge >= 0.3 is 5.97 Å². The molecule has 1 saturated carbocycles. The average molecular weight is 524 g/mol. The van der Waals surface area contributed by atoms with Crippen LogP contribution in [0.2, 0.25) is 0 Å². The second-order valence-corrected chi connectivity index (χ2v) is 9.93. The normalized spacial score (nSPS) is 21.6. The van der Waals surface area contributed by atoms with Crippen LogP contribution in [0.5, 0.6) is 11.6 Å². The third kappa shape index (κ3) is 3.47. The van der Waals surface area contributed by atoms with Gasteiger partial charge in [0.25, 0.3) is 5.88 Å². The monoisotopic (exact) mass is 522 g/mol. The number of esters is 1. The molecule has 1 fully saturated rings. The van der Waals surface area contributed by atoms with Crippen LogP contribution in [-0.4, -0.2) is 18.1 Å². The number of allylic oxidation sites excluding steroid dienone is 1. The first kappa shape index (κ1) is 21.5. The van der Waals surface area contributed by atoms with Crippen LogP contribution >= 0.6 is 31.9 Å². The number of hydrogen-bond acceptors (Lipinski definition) is 5. The van der Waals surface area contributed by atoms with E-state index in [2.05, 4.69) is 36.8 Å². The van der Waals surface area contributed by atoms with Crippen LogP contribution in [-0.2, 0) is 14.9 Å². The molecule has 0 aliphatic heterocycles. The first-order valence-electron chi connectivity index (χ1n) is 8.65. The van der Waals surface area contributed by atoms with Crippen molar-refractivity contribution in [1.29, 1.82) is 5.26 Å².